The molecule has 1 saturated heterocycles. The maximum atomic E-state index is 11.7. The van der Waals surface area contributed by atoms with Gasteiger partial charge in [0.25, 0.3) is 0 Å². The van der Waals surface area contributed by atoms with Crippen LogP contribution in [0.4, 0.5) is 4.79 Å². The Morgan fingerprint density at radius 2 is 2.07 bits per heavy atom. The summed E-state index contributed by atoms with van der Waals surface area (Å²) >= 11 is 0. The van der Waals surface area contributed by atoms with Gasteiger partial charge in [-0.2, -0.15) is 0 Å². The molecule has 0 bridgehead atoms. The molecule has 0 aliphatic carbocycles. The lowest BCUT2D eigenvalue weighted by atomic mass is 9.94. The van der Waals surface area contributed by atoms with Crippen LogP contribution in [0.3, 0.4) is 0 Å². The van der Waals surface area contributed by atoms with Crippen molar-refractivity contribution in [2.24, 2.45) is 5.92 Å². The molecule has 3 nitrogen and oxygen atoms in total. The van der Waals surface area contributed by atoms with Crippen LogP contribution in [0.15, 0.2) is 0 Å². The largest absolute Gasteiger partial charge is 0.336 e. The van der Waals surface area contributed by atoms with E-state index in [0.717, 1.165) is 25.3 Å². The predicted molar refractivity (Wildman–Crippen MR) is 58.2 cm³/mol. The first-order valence-electron chi connectivity index (χ1n) is 5.57. The highest BCUT2D eigenvalue weighted by molar-refractivity contribution is 5.74. The van der Waals surface area contributed by atoms with Crippen molar-refractivity contribution < 1.29 is 4.79 Å². The van der Waals surface area contributed by atoms with Crippen molar-refractivity contribution in [1.29, 1.82) is 0 Å². The average Bonchev–Trinajstić information content (AvgIpc) is 2.01. The van der Waals surface area contributed by atoms with E-state index in [1.165, 1.54) is 0 Å². The van der Waals surface area contributed by atoms with Crippen LogP contribution in [-0.2, 0) is 0 Å². The molecule has 0 spiro atoms. The highest BCUT2D eigenvalue weighted by Gasteiger charge is 2.26. The molecule has 1 rings (SSSR count). The van der Waals surface area contributed by atoms with Crippen LogP contribution in [0.1, 0.15) is 40.5 Å². The van der Waals surface area contributed by atoms with Crippen LogP contribution in [0.5, 0.6) is 0 Å². The molecule has 1 N–H and O–H groups in total. The van der Waals surface area contributed by atoms with E-state index in [-0.39, 0.29) is 12.1 Å². The zero-order chi connectivity index (χ0) is 10.7. The molecule has 1 heterocycles. The first-order chi connectivity index (χ1) is 6.50. The van der Waals surface area contributed by atoms with Gasteiger partial charge in [-0.25, -0.2) is 4.79 Å². The fourth-order valence-electron chi connectivity index (χ4n) is 2.04. The number of piperidine rings is 1. The Labute approximate surface area is 86.9 Å². The van der Waals surface area contributed by atoms with Gasteiger partial charge in [0.05, 0.1) is 0 Å². The monoisotopic (exact) mass is 198 g/mol. The summed E-state index contributed by atoms with van der Waals surface area (Å²) in [5, 5.41) is 2.94. The van der Waals surface area contributed by atoms with Crippen LogP contribution < -0.4 is 5.32 Å². The molecule has 0 saturated carbocycles. The highest BCUT2D eigenvalue weighted by Crippen LogP contribution is 2.21. The summed E-state index contributed by atoms with van der Waals surface area (Å²) < 4.78 is 0. The molecule has 1 aliphatic rings. The van der Waals surface area contributed by atoms with Gasteiger partial charge in [-0.05, 0) is 39.5 Å². The minimum absolute atomic E-state index is 0.0967. The number of hydrogen-bond donors (Lipinski definition) is 1. The molecular weight excluding hydrogens is 176 g/mol. The Morgan fingerprint density at radius 1 is 1.43 bits per heavy atom. The second-order valence-corrected chi connectivity index (χ2v) is 4.78. The van der Waals surface area contributed by atoms with Crippen molar-refractivity contribution in [2.75, 3.05) is 6.54 Å². The molecule has 14 heavy (non-hydrogen) atoms. The van der Waals surface area contributed by atoms with E-state index in [1.807, 2.05) is 18.7 Å². The molecule has 1 aliphatic heterocycles. The Morgan fingerprint density at radius 3 is 2.57 bits per heavy atom. The summed E-state index contributed by atoms with van der Waals surface area (Å²) in [5.74, 6) is 0.757. The van der Waals surface area contributed by atoms with Gasteiger partial charge in [0.2, 0.25) is 0 Å². The summed E-state index contributed by atoms with van der Waals surface area (Å²) in [5.41, 5.74) is 0. The third kappa shape index (κ3) is 2.89. The van der Waals surface area contributed by atoms with Crippen LogP contribution in [0, 0.1) is 5.92 Å². The molecular formula is C11H22N2O. The Balaban J connectivity index is 2.47. The van der Waals surface area contributed by atoms with Crippen LogP contribution >= 0.6 is 0 Å². The van der Waals surface area contributed by atoms with Crippen LogP contribution in [0.25, 0.3) is 0 Å². The molecule has 0 radical (unpaired) electrons. The first-order valence-corrected chi connectivity index (χ1v) is 5.57. The Hall–Kier alpha value is -0.730. The summed E-state index contributed by atoms with van der Waals surface area (Å²) in [6, 6.07) is 0.714. The number of urea groups is 1. The number of nitrogens with one attached hydrogen (secondary N) is 1. The number of amides is 2. The lowest BCUT2D eigenvalue weighted by molar-refractivity contribution is 0.138. The Kier molecular flexibility index (Phi) is 3.78. The number of likely N-dealkylation sites (tertiary alicyclic amines) is 1. The second kappa shape index (κ2) is 4.67. The van der Waals surface area contributed by atoms with Gasteiger partial charge in [0.1, 0.15) is 0 Å². The SMILES string of the molecule is CC1CCN(C(=O)NC(C)C)C(C)C1. The van der Waals surface area contributed by atoms with E-state index >= 15 is 0 Å². The lowest BCUT2D eigenvalue weighted by Gasteiger charge is -2.36. The maximum Gasteiger partial charge on any atom is 0.317 e. The summed E-state index contributed by atoms with van der Waals surface area (Å²) in [7, 11) is 0. The topological polar surface area (TPSA) is 32.3 Å². The lowest BCUT2D eigenvalue weighted by Crippen LogP contribution is -2.50. The van der Waals surface area contributed by atoms with Gasteiger partial charge in [-0.3, -0.25) is 0 Å². The Bertz CT molecular complexity index is 203. The molecule has 3 heteroatoms. The standard InChI is InChI=1S/C11H22N2O/c1-8(2)12-11(14)13-6-5-9(3)7-10(13)4/h8-10H,5-7H2,1-4H3,(H,12,14). The number of carbonyl (C=O) groups excluding carboxylic acids is 1. The normalized spacial score (nSPS) is 27.9. The number of rotatable bonds is 1. The van der Waals surface area contributed by atoms with Gasteiger partial charge in [0.15, 0.2) is 0 Å². The molecule has 0 aromatic heterocycles. The van der Waals surface area contributed by atoms with E-state index in [9.17, 15) is 4.79 Å². The third-order valence-electron chi connectivity index (χ3n) is 2.81. The highest BCUT2D eigenvalue weighted by atomic mass is 16.2. The molecule has 2 amide bonds. The number of carbonyl (C=O) groups is 1. The molecule has 82 valence electrons. The van der Waals surface area contributed by atoms with Crippen LogP contribution in [0.2, 0.25) is 0 Å². The average molecular weight is 198 g/mol. The van der Waals surface area contributed by atoms with Crippen molar-refractivity contribution in [3.05, 3.63) is 0 Å². The zero-order valence-electron chi connectivity index (χ0n) is 9.71. The first kappa shape index (κ1) is 11.3. The third-order valence-corrected chi connectivity index (χ3v) is 2.81. The quantitative estimate of drug-likeness (QED) is 0.688. The van der Waals surface area contributed by atoms with Gasteiger partial charge in [-0.1, -0.05) is 6.92 Å². The van der Waals surface area contributed by atoms with Gasteiger partial charge in [-0.15, -0.1) is 0 Å². The maximum absolute atomic E-state index is 11.7. The van der Waals surface area contributed by atoms with Crippen LogP contribution in [-0.4, -0.2) is 29.6 Å². The van der Waals surface area contributed by atoms with E-state index in [1.54, 1.807) is 0 Å². The predicted octanol–water partition coefficient (Wildman–Crippen LogP) is 2.22. The second-order valence-electron chi connectivity index (χ2n) is 4.78. The van der Waals surface area contributed by atoms with E-state index < -0.39 is 0 Å². The molecule has 2 atom stereocenters. The summed E-state index contributed by atoms with van der Waals surface area (Å²) in [4.78, 5) is 13.7. The molecule has 0 aromatic carbocycles. The van der Waals surface area contributed by atoms with Crippen molar-refractivity contribution in [1.82, 2.24) is 10.2 Å². The molecule has 1 fully saturated rings. The van der Waals surface area contributed by atoms with Gasteiger partial charge < -0.3 is 10.2 Å². The van der Waals surface area contributed by atoms with Crippen molar-refractivity contribution in [2.45, 2.75) is 52.6 Å². The molecule has 0 aromatic rings. The fourth-order valence-corrected chi connectivity index (χ4v) is 2.04. The number of hydrogen-bond acceptors (Lipinski definition) is 1. The smallest absolute Gasteiger partial charge is 0.317 e. The minimum atomic E-state index is 0.0967. The number of nitrogens with zero attached hydrogens (tertiary/aromatic N) is 1. The van der Waals surface area contributed by atoms with Crippen molar-refractivity contribution in [3.63, 3.8) is 0 Å². The van der Waals surface area contributed by atoms with E-state index in [2.05, 4.69) is 19.2 Å². The van der Waals surface area contributed by atoms with Crippen molar-refractivity contribution in [3.8, 4) is 0 Å². The van der Waals surface area contributed by atoms with E-state index in [0.29, 0.717) is 6.04 Å². The van der Waals surface area contributed by atoms with E-state index in [4.69, 9.17) is 0 Å². The van der Waals surface area contributed by atoms with Gasteiger partial charge in [0, 0.05) is 18.6 Å². The van der Waals surface area contributed by atoms with Gasteiger partial charge >= 0.3 is 6.03 Å². The fraction of sp³-hybridized carbons (Fsp3) is 0.909. The zero-order valence-corrected chi connectivity index (χ0v) is 9.71. The minimum Gasteiger partial charge on any atom is -0.336 e. The summed E-state index contributed by atoms with van der Waals surface area (Å²) in [6.45, 7) is 9.29. The summed E-state index contributed by atoms with van der Waals surface area (Å²) in [6.07, 6.45) is 2.27. The molecule has 2 unspecified atom stereocenters. The van der Waals surface area contributed by atoms with Crippen molar-refractivity contribution >= 4 is 6.03 Å².